The third-order valence-electron chi connectivity index (χ3n) is 7.14. The average Bonchev–Trinajstić information content (AvgIpc) is 3.31. The fourth-order valence-corrected chi connectivity index (χ4v) is 4.97. The Hall–Kier alpha value is -3.03. The van der Waals surface area contributed by atoms with Gasteiger partial charge in [-0.15, -0.1) is 0 Å². The van der Waals surface area contributed by atoms with Gasteiger partial charge in [0.25, 0.3) is 5.91 Å². The number of carbonyl (C=O) groups is 2. The van der Waals surface area contributed by atoms with Crippen molar-refractivity contribution in [2.75, 3.05) is 52.4 Å². The molecule has 0 spiro atoms. The molecule has 0 saturated carbocycles. The summed E-state index contributed by atoms with van der Waals surface area (Å²) >= 11 is 0. The summed E-state index contributed by atoms with van der Waals surface area (Å²) in [6.45, 7) is 9.62. The zero-order chi connectivity index (χ0) is 23.5. The molecule has 34 heavy (non-hydrogen) atoms. The maximum Gasteiger partial charge on any atom is 0.274 e. The van der Waals surface area contributed by atoms with Crippen LogP contribution in [0.2, 0.25) is 0 Å². The van der Waals surface area contributed by atoms with Crippen LogP contribution in [-0.4, -0.2) is 88.1 Å². The fraction of sp³-hybridized carbons (Fsp3) is 0.444. The summed E-state index contributed by atoms with van der Waals surface area (Å²) in [5, 5.41) is 0. The molecule has 2 aliphatic heterocycles. The van der Waals surface area contributed by atoms with Gasteiger partial charge >= 0.3 is 0 Å². The Labute approximate surface area is 201 Å². The molecule has 0 atom stereocenters. The van der Waals surface area contributed by atoms with Crippen molar-refractivity contribution in [2.24, 2.45) is 0 Å². The van der Waals surface area contributed by atoms with Gasteiger partial charge in [0.1, 0.15) is 11.3 Å². The van der Waals surface area contributed by atoms with Gasteiger partial charge in [-0.25, -0.2) is 4.98 Å². The van der Waals surface area contributed by atoms with E-state index in [0.29, 0.717) is 11.3 Å². The number of amides is 1. The molecule has 5 rings (SSSR count). The predicted octanol–water partition coefficient (Wildman–Crippen LogP) is 3.45. The highest BCUT2D eigenvalue weighted by molar-refractivity contribution is 5.94. The number of benzene rings is 1. The molecule has 0 bridgehead atoms. The molecule has 2 aromatic heterocycles. The molecule has 1 amide bonds. The van der Waals surface area contributed by atoms with Crippen LogP contribution in [0.15, 0.2) is 48.8 Å². The third kappa shape index (κ3) is 5.05. The van der Waals surface area contributed by atoms with Crippen LogP contribution in [0.1, 0.15) is 47.0 Å². The van der Waals surface area contributed by atoms with Gasteiger partial charge in [0.2, 0.25) is 0 Å². The summed E-state index contributed by atoms with van der Waals surface area (Å²) in [6, 6.07) is 11.5. The van der Waals surface area contributed by atoms with E-state index >= 15 is 0 Å². The van der Waals surface area contributed by atoms with Gasteiger partial charge < -0.3 is 14.2 Å². The lowest BCUT2D eigenvalue weighted by Crippen LogP contribution is -2.50. The van der Waals surface area contributed by atoms with Crippen molar-refractivity contribution in [3.63, 3.8) is 0 Å². The Kier molecular flexibility index (Phi) is 6.74. The SMILES string of the molecule is CC(=O)c1ccc(-c2ccc3nc(C(=O)N4CCN(CCN5CCCCC5)CC4)cn3c2)cc1. The summed E-state index contributed by atoms with van der Waals surface area (Å²) < 4.78 is 1.91. The van der Waals surface area contributed by atoms with E-state index in [-0.39, 0.29) is 11.7 Å². The Bertz CT molecular complexity index is 1160. The molecule has 4 heterocycles. The number of piperidine rings is 1. The minimum atomic E-state index is 0.00624. The quantitative estimate of drug-likeness (QED) is 0.529. The van der Waals surface area contributed by atoms with Crippen molar-refractivity contribution in [3.8, 4) is 11.1 Å². The Balaban J connectivity index is 1.20. The first-order valence-electron chi connectivity index (χ1n) is 12.4. The molecular formula is C27H33N5O2. The number of ketones is 1. The number of nitrogens with zero attached hydrogens (tertiary/aromatic N) is 5. The first-order valence-corrected chi connectivity index (χ1v) is 12.4. The second-order valence-electron chi connectivity index (χ2n) is 9.48. The van der Waals surface area contributed by atoms with Gasteiger partial charge in [0, 0.05) is 57.2 Å². The minimum Gasteiger partial charge on any atom is -0.335 e. The number of hydrogen-bond acceptors (Lipinski definition) is 5. The number of aromatic nitrogens is 2. The molecule has 7 nitrogen and oxygen atoms in total. The van der Waals surface area contributed by atoms with Crippen LogP contribution < -0.4 is 0 Å². The van der Waals surface area contributed by atoms with Gasteiger partial charge in [0.15, 0.2) is 5.78 Å². The summed E-state index contributed by atoms with van der Waals surface area (Å²) in [6.07, 6.45) is 7.84. The van der Waals surface area contributed by atoms with Crippen LogP contribution in [0, 0.1) is 0 Å². The molecule has 178 valence electrons. The first-order chi connectivity index (χ1) is 16.6. The highest BCUT2D eigenvalue weighted by Crippen LogP contribution is 2.21. The van der Waals surface area contributed by atoms with E-state index in [4.69, 9.17) is 0 Å². The lowest BCUT2D eigenvalue weighted by atomic mass is 10.0. The summed E-state index contributed by atoms with van der Waals surface area (Å²) in [7, 11) is 0. The van der Waals surface area contributed by atoms with E-state index in [1.165, 1.54) is 32.4 Å². The lowest BCUT2D eigenvalue weighted by molar-refractivity contribution is 0.0614. The second-order valence-corrected chi connectivity index (χ2v) is 9.48. The molecule has 2 saturated heterocycles. The Morgan fingerprint density at radius 3 is 2.09 bits per heavy atom. The highest BCUT2D eigenvalue weighted by atomic mass is 16.2. The predicted molar refractivity (Wildman–Crippen MR) is 133 cm³/mol. The van der Waals surface area contributed by atoms with Crippen molar-refractivity contribution in [3.05, 3.63) is 60.0 Å². The van der Waals surface area contributed by atoms with E-state index in [1.54, 1.807) is 6.92 Å². The van der Waals surface area contributed by atoms with Gasteiger partial charge in [-0.05, 0) is 56.1 Å². The number of likely N-dealkylation sites (tertiary alicyclic amines) is 1. The zero-order valence-electron chi connectivity index (χ0n) is 19.9. The van der Waals surface area contributed by atoms with E-state index in [0.717, 1.165) is 56.0 Å². The van der Waals surface area contributed by atoms with Gasteiger partial charge in [0.05, 0.1) is 0 Å². The first kappa shape index (κ1) is 22.7. The van der Waals surface area contributed by atoms with Crippen molar-refractivity contribution >= 4 is 17.3 Å². The molecule has 0 unspecified atom stereocenters. The number of carbonyl (C=O) groups excluding carboxylic acids is 2. The monoisotopic (exact) mass is 459 g/mol. The molecule has 0 aliphatic carbocycles. The number of rotatable bonds is 6. The van der Waals surface area contributed by atoms with Gasteiger partial charge in [-0.3, -0.25) is 14.5 Å². The molecule has 0 radical (unpaired) electrons. The molecule has 3 aromatic rings. The molecule has 2 aliphatic rings. The number of hydrogen-bond donors (Lipinski definition) is 0. The number of pyridine rings is 1. The maximum atomic E-state index is 13.1. The molecular weight excluding hydrogens is 426 g/mol. The van der Waals surface area contributed by atoms with E-state index in [1.807, 2.05) is 58.1 Å². The number of Topliss-reactive ketones (excluding diaryl/α,β-unsaturated/α-hetero) is 1. The molecule has 2 fully saturated rings. The molecule has 1 aromatic carbocycles. The topological polar surface area (TPSA) is 61.2 Å². The van der Waals surface area contributed by atoms with Crippen LogP contribution >= 0.6 is 0 Å². The summed E-state index contributed by atoms with van der Waals surface area (Å²) in [4.78, 5) is 36.2. The maximum absolute atomic E-state index is 13.1. The Morgan fingerprint density at radius 1 is 0.765 bits per heavy atom. The average molecular weight is 460 g/mol. The number of imidazole rings is 1. The van der Waals surface area contributed by atoms with Crippen molar-refractivity contribution < 1.29 is 9.59 Å². The fourth-order valence-electron chi connectivity index (χ4n) is 4.97. The van der Waals surface area contributed by atoms with Crippen LogP contribution in [0.4, 0.5) is 0 Å². The second kappa shape index (κ2) is 10.1. The largest absolute Gasteiger partial charge is 0.335 e. The van der Waals surface area contributed by atoms with E-state index in [2.05, 4.69) is 14.8 Å². The van der Waals surface area contributed by atoms with Crippen molar-refractivity contribution in [1.29, 1.82) is 0 Å². The Morgan fingerprint density at radius 2 is 1.41 bits per heavy atom. The zero-order valence-corrected chi connectivity index (χ0v) is 19.9. The summed E-state index contributed by atoms with van der Waals surface area (Å²) in [5.74, 6) is 0.0642. The van der Waals surface area contributed by atoms with Gasteiger partial charge in [-0.1, -0.05) is 30.7 Å². The smallest absolute Gasteiger partial charge is 0.274 e. The third-order valence-corrected chi connectivity index (χ3v) is 7.14. The van der Waals surface area contributed by atoms with Crippen molar-refractivity contribution in [1.82, 2.24) is 24.1 Å². The van der Waals surface area contributed by atoms with Gasteiger partial charge in [-0.2, -0.15) is 0 Å². The lowest BCUT2D eigenvalue weighted by Gasteiger charge is -2.36. The normalized spacial score (nSPS) is 17.9. The summed E-state index contributed by atoms with van der Waals surface area (Å²) in [5.41, 5.74) is 3.99. The van der Waals surface area contributed by atoms with Crippen molar-refractivity contribution in [2.45, 2.75) is 26.2 Å². The highest BCUT2D eigenvalue weighted by Gasteiger charge is 2.24. The number of piperazine rings is 1. The van der Waals surface area contributed by atoms with E-state index < -0.39 is 0 Å². The standard InChI is InChI=1S/C27H33N5O2/c1-21(33)22-5-7-23(8-6-22)24-9-10-26-28-25(20-32(26)19-24)27(34)31-17-15-30(16-18-31)14-13-29-11-3-2-4-12-29/h5-10,19-20H,2-4,11-18H2,1H3. The minimum absolute atomic E-state index is 0.00624. The molecule has 0 N–H and O–H groups in total. The number of fused-ring (bicyclic) bond motifs is 1. The van der Waals surface area contributed by atoms with Crippen LogP contribution in [-0.2, 0) is 0 Å². The molecule has 7 heteroatoms. The van der Waals surface area contributed by atoms with Crippen LogP contribution in [0.25, 0.3) is 16.8 Å². The van der Waals surface area contributed by atoms with E-state index in [9.17, 15) is 9.59 Å². The van der Waals surface area contributed by atoms with Crippen LogP contribution in [0.5, 0.6) is 0 Å². The van der Waals surface area contributed by atoms with Crippen LogP contribution in [0.3, 0.4) is 0 Å².